The van der Waals surface area contributed by atoms with Crippen LogP contribution in [0.5, 0.6) is 0 Å². The second-order valence-corrected chi connectivity index (χ2v) is 3.84. The molecule has 2 atom stereocenters. The number of ketones is 1. The third kappa shape index (κ3) is 2.16. The minimum atomic E-state index is -0.663. The van der Waals surface area contributed by atoms with Gasteiger partial charge < -0.3 is 5.11 Å². The van der Waals surface area contributed by atoms with Crippen LogP contribution in [0.2, 0.25) is 0 Å². The Morgan fingerprint density at radius 2 is 2.00 bits per heavy atom. The van der Waals surface area contributed by atoms with Gasteiger partial charge in [0.05, 0.1) is 12.0 Å². The lowest BCUT2D eigenvalue weighted by Crippen LogP contribution is -2.22. The van der Waals surface area contributed by atoms with E-state index in [1.807, 2.05) is 36.4 Å². The fourth-order valence-electron chi connectivity index (χ4n) is 1.94. The van der Waals surface area contributed by atoms with Gasteiger partial charge in [-0.25, -0.2) is 0 Å². The van der Waals surface area contributed by atoms with Crippen LogP contribution in [0.4, 0.5) is 0 Å². The molecule has 2 nitrogen and oxygen atoms in total. The van der Waals surface area contributed by atoms with Crippen LogP contribution in [0.15, 0.2) is 42.5 Å². The largest absolute Gasteiger partial charge is 0.388 e. The summed E-state index contributed by atoms with van der Waals surface area (Å²) in [6, 6.07) is 9.37. The summed E-state index contributed by atoms with van der Waals surface area (Å²) >= 11 is 0. The second-order valence-electron chi connectivity index (χ2n) is 3.84. The molecule has 1 aliphatic carbocycles. The summed E-state index contributed by atoms with van der Waals surface area (Å²) in [4.78, 5) is 11.6. The maximum atomic E-state index is 11.6. The van der Waals surface area contributed by atoms with E-state index in [2.05, 4.69) is 0 Å². The Kier molecular flexibility index (Phi) is 2.97. The van der Waals surface area contributed by atoms with Crippen LogP contribution in [0.25, 0.3) is 0 Å². The van der Waals surface area contributed by atoms with Crippen LogP contribution in [0, 0.1) is 5.92 Å². The molecule has 1 aromatic carbocycles. The van der Waals surface area contributed by atoms with E-state index in [1.54, 1.807) is 6.08 Å². The van der Waals surface area contributed by atoms with Crippen LogP contribution < -0.4 is 0 Å². The average molecular weight is 202 g/mol. The molecular formula is C13H14O2. The number of benzene rings is 1. The highest BCUT2D eigenvalue weighted by atomic mass is 16.3. The zero-order valence-corrected chi connectivity index (χ0v) is 8.47. The first kappa shape index (κ1) is 10.1. The summed E-state index contributed by atoms with van der Waals surface area (Å²) in [6.45, 7) is 0. The van der Waals surface area contributed by atoms with Crippen molar-refractivity contribution in [3.8, 4) is 0 Å². The third-order valence-electron chi connectivity index (χ3n) is 2.81. The van der Waals surface area contributed by atoms with Crippen molar-refractivity contribution in [2.45, 2.75) is 18.9 Å². The van der Waals surface area contributed by atoms with Gasteiger partial charge in [0.1, 0.15) is 0 Å². The number of aliphatic hydroxyl groups is 1. The molecule has 0 saturated heterocycles. The molecule has 1 aliphatic rings. The highest BCUT2D eigenvalue weighted by Crippen LogP contribution is 2.29. The molecule has 0 aromatic heterocycles. The van der Waals surface area contributed by atoms with Gasteiger partial charge in [-0.15, -0.1) is 0 Å². The highest BCUT2D eigenvalue weighted by molar-refractivity contribution is 5.92. The van der Waals surface area contributed by atoms with Crippen LogP contribution in [-0.2, 0) is 4.79 Å². The number of allylic oxidation sites excluding steroid dienone is 2. The van der Waals surface area contributed by atoms with Gasteiger partial charge >= 0.3 is 0 Å². The highest BCUT2D eigenvalue weighted by Gasteiger charge is 2.27. The van der Waals surface area contributed by atoms with Gasteiger partial charge in [0.15, 0.2) is 5.78 Å². The van der Waals surface area contributed by atoms with E-state index in [0.717, 1.165) is 18.4 Å². The lowest BCUT2D eigenvalue weighted by Gasteiger charge is -2.22. The number of hydrogen-bond acceptors (Lipinski definition) is 2. The van der Waals surface area contributed by atoms with Crippen molar-refractivity contribution < 1.29 is 9.90 Å². The van der Waals surface area contributed by atoms with E-state index in [9.17, 15) is 9.90 Å². The number of aliphatic hydroxyl groups excluding tert-OH is 1. The molecule has 15 heavy (non-hydrogen) atoms. The standard InChI is InChI=1S/C13H14O2/c14-12-9-5-4-8-11(12)13(15)10-6-2-1-3-7-10/h1-3,5-7,9,11,13,15H,4,8H2/t11-,13-/m0/s1. The minimum Gasteiger partial charge on any atom is -0.388 e. The van der Waals surface area contributed by atoms with E-state index in [-0.39, 0.29) is 11.7 Å². The number of carbonyl (C=O) groups is 1. The summed E-state index contributed by atoms with van der Waals surface area (Å²) in [6.07, 6.45) is 4.41. The minimum absolute atomic E-state index is 0.0394. The summed E-state index contributed by atoms with van der Waals surface area (Å²) < 4.78 is 0. The normalized spacial score (nSPS) is 22.7. The van der Waals surface area contributed by atoms with Gasteiger partial charge in [0.2, 0.25) is 0 Å². The molecule has 0 aliphatic heterocycles. The molecule has 0 unspecified atom stereocenters. The fourth-order valence-corrected chi connectivity index (χ4v) is 1.94. The number of carbonyl (C=O) groups excluding carboxylic acids is 1. The Hall–Kier alpha value is -1.41. The Morgan fingerprint density at radius 1 is 1.27 bits per heavy atom. The summed E-state index contributed by atoms with van der Waals surface area (Å²) in [5.41, 5.74) is 0.825. The van der Waals surface area contributed by atoms with E-state index in [4.69, 9.17) is 0 Å². The van der Waals surface area contributed by atoms with Gasteiger partial charge in [-0.05, 0) is 24.5 Å². The molecule has 0 heterocycles. The van der Waals surface area contributed by atoms with Gasteiger partial charge in [0, 0.05) is 0 Å². The average Bonchev–Trinajstić information content (AvgIpc) is 2.30. The molecule has 0 amide bonds. The van der Waals surface area contributed by atoms with Gasteiger partial charge in [-0.2, -0.15) is 0 Å². The van der Waals surface area contributed by atoms with Crippen molar-refractivity contribution in [3.05, 3.63) is 48.0 Å². The first-order valence-electron chi connectivity index (χ1n) is 5.22. The molecule has 1 N–H and O–H groups in total. The number of hydrogen-bond donors (Lipinski definition) is 1. The molecule has 0 spiro atoms. The SMILES string of the molecule is O=C1C=CCC[C@@H]1[C@@H](O)c1ccccc1. The molecular weight excluding hydrogens is 188 g/mol. The van der Waals surface area contributed by atoms with Crippen LogP contribution in [-0.4, -0.2) is 10.9 Å². The summed E-state index contributed by atoms with van der Waals surface area (Å²) in [5.74, 6) is -0.227. The maximum absolute atomic E-state index is 11.6. The quantitative estimate of drug-likeness (QED) is 0.798. The van der Waals surface area contributed by atoms with Crippen LogP contribution in [0.3, 0.4) is 0 Å². The Balaban J connectivity index is 2.18. The van der Waals surface area contributed by atoms with E-state index in [1.165, 1.54) is 0 Å². The smallest absolute Gasteiger partial charge is 0.161 e. The van der Waals surface area contributed by atoms with Crippen molar-refractivity contribution in [2.75, 3.05) is 0 Å². The number of rotatable bonds is 2. The first-order valence-corrected chi connectivity index (χ1v) is 5.22. The first-order chi connectivity index (χ1) is 7.29. The third-order valence-corrected chi connectivity index (χ3v) is 2.81. The predicted octanol–water partition coefficient (Wildman–Crippen LogP) is 2.26. The maximum Gasteiger partial charge on any atom is 0.161 e. The Labute approximate surface area is 89.2 Å². The van der Waals surface area contributed by atoms with E-state index >= 15 is 0 Å². The molecule has 2 heteroatoms. The molecule has 0 fully saturated rings. The topological polar surface area (TPSA) is 37.3 Å². The van der Waals surface area contributed by atoms with Crippen molar-refractivity contribution in [1.82, 2.24) is 0 Å². The van der Waals surface area contributed by atoms with E-state index in [0.29, 0.717) is 0 Å². The molecule has 0 saturated carbocycles. The predicted molar refractivity (Wildman–Crippen MR) is 58.3 cm³/mol. The molecule has 0 radical (unpaired) electrons. The molecule has 1 aromatic rings. The molecule has 2 rings (SSSR count). The van der Waals surface area contributed by atoms with E-state index < -0.39 is 6.10 Å². The lowest BCUT2D eigenvalue weighted by molar-refractivity contribution is -0.122. The zero-order valence-electron chi connectivity index (χ0n) is 8.47. The lowest BCUT2D eigenvalue weighted by atomic mass is 9.85. The molecule has 0 bridgehead atoms. The van der Waals surface area contributed by atoms with Crippen molar-refractivity contribution >= 4 is 5.78 Å². The fraction of sp³-hybridized carbons (Fsp3) is 0.308. The van der Waals surface area contributed by atoms with Crippen LogP contribution >= 0.6 is 0 Å². The van der Waals surface area contributed by atoms with Crippen molar-refractivity contribution in [3.63, 3.8) is 0 Å². The molecule has 78 valence electrons. The zero-order chi connectivity index (χ0) is 10.7. The van der Waals surface area contributed by atoms with Crippen LogP contribution in [0.1, 0.15) is 24.5 Å². The summed E-state index contributed by atoms with van der Waals surface area (Å²) in [7, 11) is 0. The van der Waals surface area contributed by atoms with Crippen molar-refractivity contribution in [2.24, 2.45) is 5.92 Å². The Morgan fingerprint density at radius 3 is 2.67 bits per heavy atom. The van der Waals surface area contributed by atoms with Crippen molar-refractivity contribution in [1.29, 1.82) is 0 Å². The van der Waals surface area contributed by atoms with Gasteiger partial charge in [-0.3, -0.25) is 4.79 Å². The Bertz CT molecular complexity index is 367. The monoisotopic (exact) mass is 202 g/mol. The van der Waals surface area contributed by atoms with Gasteiger partial charge in [-0.1, -0.05) is 36.4 Å². The second kappa shape index (κ2) is 4.41. The van der Waals surface area contributed by atoms with Gasteiger partial charge in [0.25, 0.3) is 0 Å². The summed E-state index contributed by atoms with van der Waals surface area (Å²) in [5, 5.41) is 10.1.